The predicted molar refractivity (Wildman–Crippen MR) is 115 cm³/mol. The van der Waals surface area contributed by atoms with Crippen molar-refractivity contribution in [1.29, 1.82) is 5.26 Å². The Balaban J connectivity index is 1.69. The number of fused-ring (bicyclic) bond motifs is 2. The summed E-state index contributed by atoms with van der Waals surface area (Å²) in [6, 6.07) is 7.37. The third-order valence-electron chi connectivity index (χ3n) is 6.10. The largest absolute Gasteiger partial charge is 0.381 e. The molecule has 1 fully saturated rings. The number of rotatable bonds is 3. The average molecular weight is 438 g/mol. The Hall–Kier alpha value is -3.22. The van der Waals surface area contributed by atoms with Gasteiger partial charge < -0.3 is 4.74 Å². The highest BCUT2D eigenvalue weighted by Gasteiger charge is 2.28. The molecule has 1 aromatic carbocycles. The maximum absolute atomic E-state index is 13.1. The second-order valence-electron chi connectivity index (χ2n) is 7.79. The Morgan fingerprint density at radius 1 is 1.23 bits per heavy atom. The number of nitrogens with zero attached hydrogens (tertiary/aromatic N) is 7. The van der Waals surface area contributed by atoms with Crippen molar-refractivity contribution in [3.05, 3.63) is 45.7 Å². The first-order valence-electron chi connectivity index (χ1n) is 10.1. The van der Waals surface area contributed by atoms with Crippen LogP contribution in [0.15, 0.2) is 29.3 Å². The van der Waals surface area contributed by atoms with Gasteiger partial charge in [0.1, 0.15) is 11.8 Å². The van der Waals surface area contributed by atoms with E-state index in [1.54, 1.807) is 47.8 Å². The molecule has 10 heteroatoms. The number of benzene rings is 1. The molecule has 1 saturated carbocycles. The van der Waals surface area contributed by atoms with Crippen LogP contribution in [0.5, 0.6) is 0 Å². The van der Waals surface area contributed by atoms with Crippen LogP contribution in [0.25, 0.3) is 28.1 Å². The van der Waals surface area contributed by atoms with Gasteiger partial charge in [-0.3, -0.25) is 13.7 Å². The molecule has 4 aromatic rings. The lowest BCUT2D eigenvalue weighted by atomic mass is 9.93. The monoisotopic (exact) mass is 437 g/mol. The molecule has 0 aliphatic heterocycles. The minimum atomic E-state index is -0.161. The topological polar surface area (TPSA) is 104 Å². The highest BCUT2D eigenvalue weighted by atomic mass is 35.5. The van der Waals surface area contributed by atoms with Gasteiger partial charge in [0, 0.05) is 20.2 Å². The third kappa shape index (κ3) is 3.10. The van der Waals surface area contributed by atoms with Crippen molar-refractivity contribution in [2.75, 3.05) is 7.11 Å². The van der Waals surface area contributed by atoms with Crippen molar-refractivity contribution in [3.8, 4) is 12.0 Å². The first-order chi connectivity index (χ1) is 15.0. The summed E-state index contributed by atoms with van der Waals surface area (Å²) in [5.74, 6) is 0.306. The van der Waals surface area contributed by atoms with E-state index in [-0.39, 0.29) is 23.0 Å². The highest BCUT2D eigenvalue weighted by molar-refractivity contribution is 6.33. The van der Waals surface area contributed by atoms with E-state index in [0.717, 1.165) is 25.7 Å². The maximum atomic E-state index is 13.1. The molecule has 0 bridgehead atoms. The van der Waals surface area contributed by atoms with Gasteiger partial charge in [0.15, 0.2) is 10.8 Å². The molecule has 0 radical (unpaired) electrons. The van der Waals surface area contributed by atoms with Crippen molar-refractivity contribution < 1.29 is 4.74 Å². The number of aryl methyl sites for hydroxylation is 1. The number of nitriles is 1. The maximum Gasteiger partial charge on any atom is 0.330 e. The van der Waals surface area contributed by atoms with Gasteiger partial charge in [0.05, 0.1) is 28.8 Å². The van der Waals surface area contributed by atoms with Gasteiger partial charge in [-0.2, -0.15) is 15.2 Å². The van der Waals surface area contributed by atoms with Gasteiger partial charge in [-0.05, 0) is 43.9 Å². The molecule has 0 N–H and O–H groups in total. The zero-order valence-corrected chi connectivity index (χ0v) is 17.9. The van der Waals surface area contributed by atoms with Crippen LogP contribution in [0.4, 0.5) is 0 Å². The molecule has 0 unspecified atom stereocenters. The van der Waals surface area contributed by atoms with Crippen molar-refractivity contribution in [2.24, 2.45) is 7.05 Å². The standard InChI is InChI=1S/C21H20ClN7O2/c1-27-17-18(22)25-20(28-11-24-15-8-3-12(10-23)9-16(15)28)26-19(17)29(21(27)30)13-4-6-14(31-2)7-5-13/h3,8-9,11,13-14H,4-7H2,1-2H3. The van der Waals surface area contributed by atoms with Crippen molar-refractivity contribution in [3.63, 3.8) is 0 Å². The zero-order chi connectivity index (χ0) is 21.7. The molecule has 31 heavy (non-hydrogen) atoms. The number of ether oxygens (including phenoxy) is 1. The fourth-order valence-electron chi connectivity index (χ4n) is 4.42. The van der Waals surface area contributed by atoms with E-state index in [4.69, 9.17) is 21.3 Å². The van der Waals surface area contributed by atoms with Gasteiger partial charge in [0.2, 0.25) is 5.95 Å². The van der Waals surface area contributed by atoms with Crippen LogP contribution in [0.3, 0.4) is 0 Å². The number of halogens is 1. The second kappa shape index (κ2) is 7.48. The summed E-state index contributed by atoms with van der Waals surface area (Å²) in [5, 5.41) is 9.45. The summed E-state index contributed by atoms with van der Waals surface area (Å²) in [4.78, 5) is 26.6. The molecule has 3 aromatic heterocycles. The number of aromatic nitrogens is 6. The lowest BCUT2D eigenvalue weighted by molar-refractivity contribution is 0.0584. The normalized spacial score (nSPS) is 19.2. The van der Waals surface area contributed by atoms with Crippen molar-refractivity contribution in [2.45, 2.75) is 37.8 Å². The lowest BCUT2D eigenvalue weighted by Crippen LogP contribution is -2.30. The van der Waals surface area contributed by atoms with E-state index in [9.17, 15) is 10.1 Å². The van der Waals surface area contributed by atoms with Crippen LogP contribution >= 0.6 is 11.6 Å². The van der Waals surface area contributed by atoms with Gasteiger partial charge >= 0.3 is 5.69 Å². The third-order valence-corrected chi connectivity index (χ3v) is 6.37. The minimum absolute atomic E-state index is 0.0196. The van der Waals surface area contributed by atoms with Gasteiger partial charge in [-0.25, -0.2) is 9.78 Å². The molecule has 3 heterocycles. The molecular weight excluding hydrogens is 418 g/mol. The Kier molecular flexibility index (Phi) is 4.76. The van der Waals surface area contributed by atoms with Crippen molar-refractivity contribution >= 4 is 33.8 Å². The molecular formula is C21H20ClN7O2. The summed E-state index contributed by atoms with van der Waals surface area (Å²) >= 11 is 6.53. The molecule has 0 amide bonds. The predicted octanol–water partition coefficient (Wildman–Crippen LogP) is 3.12. The van der Waals surface area contributed by atoms with E-state index < -0.39 is 0 Å². The lowest BCUT2D eigenvalue weighted by Gasteiger charge is -2.28. The summed E-state index contributed by atoms with van der Waals surface area (Å²) in [7, 11) is 3.41. The SMILES string of the molecule is COC1CCC(n2c(=O)n(C)c3c(Cl)nc(-n4cnc5ccc(C#N)cc54)nc32)CC1. The van der Waals surface area contributed by atoms with E-state index in [0.29, 0.717) is 33.7 Å². The molecule has 1 aliphatic rings. The van der Waals surface area contributed by atoms with Gasteiger partial charge in [0.25, 0.3) is 0 Å². The zero-order valence-electron chi connectivity index (χ0n) is 17.1. The fraction of sp³-hybridized carbons (Fsp3) is 0.381. The van der Waals surface area contributed by atoms with Crippen LogP contribution in [0.1, 0.15) is 37.3 Å². The molecule has 9 nitrogen and oxygen atoms in total. The van der Waals surface area contributed by atoms with Crippen LogP contribution in [0.2, 0.25) is 5.15 Å². The Morgan fingerprint density at radius 2 is 2.00 bits per heavy atom. The summed E-state index contributed by atoms with van der Waals surface area (Å²) in [5.41, 5.74) is 2.76. The number of methoxy groups -OCH3 is 1. The molecule has 0 atom stereocenters. The highest BCUT2D eigenvalue weighted by Crippen LogP contribution is 2.32. The van der Waals surface area contributed by atoms with E-state index in [1.807, 2.05) is 0 Å². The van der Waals surface area contributed by atoms with Crippen LogP contribution < -0.4 is 5.69 Å². The van der Waals surface area contributed by atoms with Crippen LogP contribution in [-0.4, -0.2) is 41.9 Å². The molecule has 0 spiro atoms. The van der Waals surface area contributed by atoms with Crippen LogP contribution in [-0.2, 0) is 11.8 Å². The summed E-state index contributed by atoms with van der Waals surface area (Å²) in [6.45, 7) is 0. The summed E-state index contributed by atoms with van der Waals surface area (Å²) in [6.07, 6.45) is 5.25. The Morgan fingerprint density at radius 3 is 2.71 bits per heavy atom. The minimum Gasteiger partial charge on any atom is -0.381 e. The average Bonchev–Trinajstić information content (AvgIpc) is 3.32. The smallest absolute Gasteiger partial charge is 0.330 e. The first-order valence-corrected chi connectivity index (χ1v) is 10.4. The first kappa shape index (κ1) is 19.7. The van der Waals surface area contributed by atoms with E-state index in [2.05, 4.69) is 16.0 Å². The quantitative estimate of drug-likeness (QED) is 0.456. The van der Waals surface area contributed by atoms with Crippen molar-refractivity contribution in [1.82, 2.24) is 28.7 Å². The molecule has 0 saturated heterocycles. The van der Waals surface area contributed by atoms with Gasteiger partial charge in [-0.1, -0.05) is 11.6 Å². The summed E-state index contributed by atoms with van der Waals surface area (Å²) < 4.78 is 10.4. The van der Waals surface area contributed by atoms with Gasteiger partial charge in [-0.15, -0.1) is 0 Å². The number of hydrogen-bond acceptors (Lipinski definition) is 6. The number of imidazole rings is 2. The van der Waals surface area contributed by atoms with E-state index >= 15 is 0 Å². The number of hydrogen-bond donors (Lipinski definition) is 0. The second-order valence-corrected chi connectivity index (χ2v) is 8.15. The Labute approximate surface area is 182 Å². The fourth-order valence-corrected chi connectivity index (χ4v) is 4.71. The molecule has 1 aliphatic carbocycles. The molecule has 158 valence electrons. The Bertz CT molecular complexity index is 1400. The molecule has 5 rings (SSSR count). The van der Waals surface area contributed by atoms with E-state index in [1.165, 1.54) is 4.57 Å². The van der Waals surface area contributed by atoms with Crippen LogP contribution in [0, 0.1) is 11.3 Å².